The maximum atomic E-state index is 12.6. The van der Waals surface area contributed by atoms with E-state index in [0.717, 1.165) is 12.1 Å². The van der Waals surface area contributed by atoms with Crippen LogP contribution in [0.5, 0.6) is 0 Å². The van der Waals surface area contributed by atoms with E-state index in [1.54, 1.807) is 6.07 Å². The fraction of sp³-hybridized carbons (Fsp3) is 0.0625. The molecule has 5 nitrogen and oxygen atoms in total. The summed E-state index contributed by atoms with van der Waals surface area (Å²) in [6, 6.07) is 10.2. The molecule has 0 atom stereocenters. The van der Waals surface area contributed by atoms with Crippen LogP contribution in [0.1, 0.15) is 5.56 Å². The van der Waals surface area contributed by atoms with Crippen LogP contribution in [0.15, 0.2) is 59.1 Å². The molecule has 0 aliphatic heterocycles. The van der Waals surface area contributed by atoms with E-state index in [0.29, 0.717) is 11.1 Å². The van der Waals surface area contributed by atoms with Crippen molar-refractivity contribution in [2.24, 2.45) is 0 Å². The van der Waals surface area contributed by atoms with Crippen LogP contribution in [0.25, 0.3) is 22.8 Å². The molecule has 0 spiro atoms. The predicted molar refractivity (Wildman–Crippen MR) is 79.0 cm³/mol. The zero-order chi connectivity index (χ0) is 17.3. The highest BCUT2D eigenvalue weighted by molar-refractivity contribution is 5.63. The van der Waals surface area contributed by atoms with Gasteiger partial charge in [-0.15, -0.1) is 0 Å². The van der Waals surface area contributed by atoms with Crippen LogP contribution >= 0.6 is 0 Å². The predicted octanol–water partition coefficient (Wildman–Crippen LogP) is 4.94. The summed E-state index contributed by atoms with van der Waals surface area (Å²) < 4.78 is 43.2. The monoisotopic (exact) mass is 334 g/mol. The topological polar surface area (TPSA) is 69.2 Å². The van der Waals surface area contributed by atoms with Crippen molar-refractivity contribution in [2.75, 3.05) is 0 Å². The van der Waals surface area contributed by atoms with Crippen molar-refractivity contribution in [3.05, 3.63) is 70.4 Å². The molecular weight excluding hydrogens is 325 g/mol. The maximum absolute atomic E-state index is 12.6. The van der Waals surface area contributed by atoms with Gasteiger partial charge in [0.05, 0.1) is 16.7 Å². The van der Waals surface area contributed by atoms with Crippen molar-refractivity contribution < 1.29 is 22.5 Å². The minimum atomic E-state index is -4.41. The molecule has 24 heavy (non-hydrogen) atoms. The molecule has 0 fully saturated rings. The van der Waals surface area contributed by atoms with E-state index < -0.39 is 16.7 Å². The maximum Gasteiger partial charge on any atom is 0.416 e. The van der Waals surface area contributed by atoms with Gasteiger partial charge in [0, 0.05) is 23.3 Å². The summed E-state index contributed by atoms with van der Waals surface area (Å²) in [7, 11) is 0. The quantitative estimate of drug-likeness (QED) is 0.503. The number of halogens is 3. The average molecular weight is 334 g/mol. The van der Waals surface area contributed by atoms with Crippen molar-refractivity contribution in [3.8, 4) is 22.8 Å². The third-order valence-electron chi connectivity index (χ3n) is 3.31. The highest BCUT2D eigenvalue weighted by Gasteiger charge is 2.30. The number of hydrogen-bond acceptors (Lipinski definition) is 4. The number of benzene rings is 2. The second-order valence-corrected chi connectivity index (χ2v) is 4.91. The smallest absolute Gasteiger partial charge is 0.416 e. The summed E-state index contributed by atoms with van der Waals surface area (Å²) >= 11 is 0. The van der Waals surface area contributed by atoms with Crippen LogP contribution < -0.4 is 0 Å². The number of alkyl halides is 3. The number of nitro groups is 1. The summed E-state index contributed by atoms with van der Waals surface area (Å²) in [4.78, 5) is 14.3. The molecule has 0 amide bonds. The van der Waals surface area contributed by atoms with E-state index in [4.69, 9.17) is 4.42 Å². The van der Waals surface area contributed by atoms with Gasteiger partial charge in [-0.1, -0.05) is 12.1 Å². The van der Waals surface area contributed by atoms with E-state index in [1.807, 2.05) is 0 Å². The van der Waals surface area contributed by atoms with Gasteiger partial charge in [0.1, 0.15) is 0 Å². The molecule has 0 bridgehead atoms. The van der Waals surface area contributed by atoms with E-state index in [1.165, 1.54) is 36.5 Å². The van der Waals surface area contributed by atoms with Crippen LogP contribution in [0.2, 0.25) is 0 Å². The normalized spacial score (nSPS) is 11.5. The molecule has 0 saturated heterocycles. The first-order chi connectivity index (χ1) is 11.3. The number of nitrogens with zero attached hydrogens (tertiary/aromatic N) is 2. The Morgan fingerprint density at radius 1 is 1.04 bits per heavy atom. The fourth-order valence-corrected chi connectivity index (χ4v) is 2.12. The van der Waals surface area contributed by atoms with Gasteiger partial charge >= 0.3 is 6.18 Å². The molecule has 8 heteroatoms. The van der Waals surface area contributed by atoms with Gasteiger partial charge in [-0.05, 0) is 24.3 Å². The summed E-state index contributed by atoms with van der Waals surface area (Å²) in [5.74, 6) is 0.416. The zero-order valence-corrected chi connectivity index (χ0v) is 11.9. The van der Waals surface area contributed by atoms with Crippen molar-refractivity contribution in [1.82, 2.24) is 4.98 Å². The molecule has 0 radical (unpaired) electrons. The minimum Gasteiger partial charge on any atom is -0.436 e. The van der Waals surface area contributed by atoms with Crippen molar-refractivity contribution >= 4 is 5.69 Å². The lowest BCUT2D eigenvalue weighted by molar-refractivity contribution is -0.384. The largest absolute Gasteiger partial charge is 0.436 e. The minimum absolute atomic E-state index is 0.0972. The van der Waals surface area contributed by atoms with Crippen molar-refractivity contribution in [2.45, 2.75) is 6.18 Å². The lowest BCUT2D eigenvalue weighted by Gasteiger charge is -2.06. The summed E-state index contributed by atoms with van der Waals surface area (Å²) in [5.41, 5.74) is -0.0359. The zero-order valence-electron chi connectivity index (χ0n) is 11.9. The molecule has 2 aromatic carbocycles. The van der Waals surface area contributed by atoms with Crippen molar-refractivity contribution in [1.29, 1.82) is 0 Å². The Kier molecular flexibility index (Phi) is 3.80. The molecule has 3 aromatic rings. The Hall–Kier alpha value is -3.16. The van der Waals surface area contributed by atoms with Gasteiger partial charge in [-0.3, -0.25) is 10.1 Å². The molecular formula is C16H9F3N2O3. The Balaban J connectivity index is 1.91. The standard InChI is InChI=1S/C16H9F3N2O3/c17-16(18,19)12-6-4-10(5-7-12)15-20-9-14(24-15)11-2-1-3-13(8-11)21(22)23/h1-9H. The Bertz CT molecular complexity index is 886. The number of non-ortho nitro benzene ring substituents is 1. The van der Waals surface area contributed by atoms with E-state index >= 15 is 0 Å². The lowest BCUT2D eigenvalue weighted by Crippen LogP contribution is -2.03. The first-order valence-electron chi connectivity index (χ1n) is 6.73. The molecule has 0 unspecified atom stereocenters. The van der Waals surface area contributed by atoms with Gasteiger partial charge in [0.15, 0.2) is 5.76 Å². The second-order valence-electron chi connectivity index (χ2n) is 4.91. The highest BCUT2D eigenvalue weighted by Crippen LogP contribution is 2.32. The third-order valence-corrected chi connectivity index (χ3v) is 3.31. The molecule has 122 valence electrons. The van der Waals surface area contributed by atoms with Crippen molar-refractivity contribution in [3.63, 3.8) is 0 Å². The third kappa shape index (κ3) is 3.12. The van der Waals surface area contributed by atoms with Gasteiger partial charge in [0.2, 0.25) is 5.89 Å². The number of aromatic nitrogens is 1. The van der Waals surface area contributed by atoms with Crippen LogP contribution in [-0.2, 0) is 6.18 Å². The van der Waals surface area contributed by atoms with E-state index in [-0.39, 0.29) is 17.3 Å². The first-order valence-corrected chi connectivity index (χ1v) is 6.73. The Morgan fingerprint density at radius 3 is 2.38 bits per heavy atom. The van der Waals surface area contributed by atoms with Gasteiger partial charge in [-0.25, -0.2) is 4.98 Å². The summed E-state index contributed by atoms with van der Waals surface area (Å²) in [6.45, 7) is 0. The van der Waals surface area contributed by atoms with Crippen LogP contribution in [0.4, 0.5) is 18.9 Å². The van der Waals surface area contributed by atoms with Gasteiger partial charge in [0.25, 0.3) is 5.69 Å². The molecule has 0 aliphatic carbocycles. The van der Waals surface area contributed by atoms with Crippen LogP contribution in [-0.4, -0.2) is 9.91 Å². The van der Waals surface area contributed by atoms with Crippen LogP contribution in [0, 0.1) is 10.1 Å². The highest BCUT2D eigenvalue weighted by atomic mass is 19.4. The number of oxazole rings is 1. The second kappa shape index (κ2) is 5.80. The van der Waals surface area contributed by atoms with E-state index in [9.17, 15) is 23.3 Å². The SMILES string of the molecule is O=[N+]([O-])c1cccc(-c2cnc(-c3ccc(C(F)(F)F)cc3)o2)c1. The molecule has 3 rings (SSSR count). The summed E-state index contributed by atoms with van der Waals surface area (Å²) in [6.07, 6.45) is -3.05. The Morgan fingerprint density at radius 2 is 1.75 bits per heavy atom. The molecule has 0 aliphatic rings. The average Bonchev–Trinajstić information content (AvgIpc) is 3.04. The van der Waals surface area contributed by atoms with Crippen LogP contribution in [0.3, 0.4) is 0 Å². The fourth-order valence-electron chi connectivity index (χ4n) is 2.12. The number of hydrogen-bond donors (Lipinski definition) is 0. The van der Waals surface area contributed by atoms with E-state index in [2.05, 4.69) is 4.98 Å². The molecule has 0 N–H and O–H groups in total. The molecule has 0 saturated carbocycles. The molecule has 1 heterocycles. The van der Waals surface area contributed by atoms with Gasteiger partial charge in [-0.2, -0.15) is 13.2 Å². The Labute approximate surface area is 133 Å². The molecule has 1 aromatic heterocycles. The van der Waals surface area contributed by atoms with Gasteiger partial charge < -0.3 is 4.42 Å². The number of rotatable bonds is 3. The first kappa shape index (κ1) is 15.7. The number of nitro benzene ring substituents is 1. The summed E-state index contributed by atoms with van der Waals surface area (Å²) in [5, 5.41) is 10.8. The lowest BCUT2D eigenvalue weighted by atomic mass is 10.1.